The summed E-state index contributed by atoms with van der Waals surface area (Å²) in [5.41, 5.74) is 2.92. The van der Waals surface area contributed by atoms with Crippen LogP contribution in [-0.2, 0) is 0 Å². The second-order valence-electron chi connectivity index (χ2n) is 4.94. The van der Waals surface area contributed by atoms with Crippen LogP contribution in [0.1, 0.15) is 11.1 Å². The highest BCUT2D eigenvalue weighted by atomic mass is 32.2. The molecule has 22 heavy (non-hydrogen) atoms. The number of amides is 1. The van der Waals surface area contributed by atoms with Gasteiger partial charge >= 0.3 is 6.09 Å². The smallest absolute Gasteiger partial charge is 0.410 e. The average Bonchev–Trinajstić information content (AvgIpc) is 3.05. The van der Waals surface area contributed by atoms with Crippen molar-refractivity contribution < 1.29 is 9.53 Å². The molecule has 4 nitrogen and oxygen atoms in total. The minimum atomic E-state index is -0.496. The number of thioether (sulfide) groups is 1. The number of hydrogen-bond donors (Lipinski definition) is 1. The average molecular weight is 312 g/mol. The lowest BCUT2D eigenvalue weighted by Crippen LogP contribution is -2.16. The third-order valence-corrected chi connectivity index (χ3v) is 4.22. The highest BCUT2D eigenvalue weighted by molar-refractivity contribution is 8.14. The molecule has 5 heteroatoms. The molecular formula is C17H16N2O2S. The van der Waals surface area contributed by atoms with Crippen LogP contribution < -0.4 is 10.1 Å². The van der Waals surface area contributed by atoms with Crippen LogP contribution >= 0.6 is 11.8 Å². The monoisotopic (exact) mass is 312 g/mol. The molecule has 0 saturated heterocycles. The van der Waals surface area contributed by atoms with E-state index in [-0.39, 0.29) is 0 Å². The lowest BCUT2D eigenvalue weighted by atomic mass is 10.2. The lowest BCUT2D eigenvalue weighted by Gasteiger charge is -2.07. The summed E-state index contributed by atoms with van der Waals surface area (Å²) in [7, 11) is 0. The van der Waals surface area contributed by atoms with Crippen molar-refractivity contribution in [2.24, 2.45) is 4.99 Å². The van der Waals surface area contributed by atoms with Crippen molar-refractivity contribution in [2.75, 3.05) is 17.6 Å². The summed E-state index contributed by atoms with van der Waals surface area (Å²) >= 11 is 1.75. The summed E-state index contributed by atoms with van der Waals surface area (Å²) in [6.07, 6.45) is -0.496. The fourth-order valence-electron chi connectivity index (χ4n) is 2.06. The van der Waals surface area contributed by atoms with E-state index in [4.69, 9.17) is 4.74 Å². The van der Waals surface area contributed by atoms with Crippen LogP contribution in [-0.4, -0.2) is 23.4 Å². The van der Waals surface area contributed by atoms with Gasteiger partial charge in [-0.25, -0.2) is 4.79 Å². The van der Waals surface area contributed by atoms with E-state index in [0.717, 1.165) is 28.5 Å². The molecule has 0 spiro atoms. The first-order valence-electron chi connectivity index (χ1n) is 7.04. The van der Waals surface area contributed by atoms with Crippen LogP contribution in [0.5, 0.6) is 5.75 Å². The molecule has 1 amide bonds. The van der Waals surface area contributed by atoms with Crippen molar-refractivity contribution in [3.05, 3.63) is 59.7 Å². The van der Waals surface area contributed by atoms with E-state index in [2.05, 4.69) is 10.3 Å². The number of aliphatic imine (C=N–C) groups is 1. The van der Waals surface area contributed by atoms with Gasteiger partial charge in [0.1, 0.15) is 5.75 Å². The van der Waals surface area contributed by atoms with Crippen molar-refractivity contribution in [2.45, 2.75) is 6.92 Å². The number of benzene rings is 2. The molecule has 2 aromatic carbocycles. The highest BCUT2D eigenvalue weighted by Gasteiger charge is 2.10. The van der Waals surface area contributed by atoms with E-state index in [1.165, 1.54) is 0 Å². The first-order chi connectivity index (χ1) is 10.7. The number of anilines is 1. The maximum absolute atomic E-state index is 11.8. The van der Waals surface area contributed by atoms with Crippen molar-refractivity contribution in [1.82, 2.24) is 0 Å². The van der Waals surface area contributed by atoms with Crippen LogP contribution in [0.2, 0.25) is 0 Å². The van der Waals surface area contributed by atoms with Crippen molar-refractivity contribution in [1.29, 1.82) is 0 Å². The first-order valence-corrected chi connectivity index (χ1v) is 8.02. The van der Waals surface area contributed by atoms with Crippen molar-refractivity contribution in [3.63, 3.8) is 0 Å². The molecule has 3 rings (SSSR count). The number of nitrogens with one attached hydrogen (secondary N) is 1. The van der Waals surface area contributed by atoms with E-state index in [1.54, 1.807) is 23.9 Å². The minimum Gasteiger partial charge on any atom is -0.410 e. The van der Waals surface area contributed by atoms with E-state index in [9.17, 15) is 4.79 Å². The Kier molecular flexibility index (Phi) is 4.44. The van der Waals surface area contributed by atoms with Crippen LogP contribution in [0.25, 0.3) is 0 Å². The molecule has 112 valence electrons. The highest BCUT2D eigenvalue weighted by Crippen LogP contribution is 2.21. The van der Waals surface area contributed by atoms with Gasteiger partial charge in [0.2, 0.25) is 0 Å². The van der Waals surface area contributed by atoms with Crippen LogP contribution in [0, 0.1) is 6.92 Å². The number of carbonyl (C=O) groups is 1. The zero-order valence-corrected chi connectivity index (χ0v) is 13.0. The van der Waals surface area contributed by atoms with E-state index >= 15 is 0 Å². The fourth-order valence-corrected chi connectivity index (χ4v) is 2.92. The molecule has 1 aliphatic heterocycles. The Morgan fingerprint density at radius 1 is 1.14 bits per heavy atom. The Morgan fingerprint density at radius 2 is 1.86 bits per heavy atom. The summed E-state index contributed by atoms with van der Waals surface area (Å²) in [5.74, 6) is 1.55. The second kappa shape index (κ2) is 6.66. The molecular weight excluding hydrogens is 296 g/mol. The Morgan fingerprint density at radius 3 is 2.50 bits per heavy atom. The van der Waals surface area contributed by atoms with Gasteiger partial charge in [0, 0.05) is 23.5 Å². The van der Waals surface area contributed by atoms with Gasteiger partial charge in [-0.05, 0) is 43.3 Å². The number of rotatable bonds is 3. The summed E-state index contributed by atoms with van der Waals surface area (Å²) in [4.78, 5) is 16.3. The molecule has 0 saturated carbocycles. The Hall–Kier alpha value is -2.27. The van der Waals surface area contributed by atoms with Gasteiger partial charge in [-0.2, -0.15) is 0 Å². The number of ether oxygens (including phenoxy) is 1. The quantitative estimate of drug-likeness (QED) is 0.928. The Bertz CT molecular complexity index is 694. The van der Waals surface area contributed by atoms with Crippen LogP contribution in [0.15, 0.2) is 53.5 Å². The molecule has 1 heterocycles. The van der Waals surface area contributed by atoms with E-state index < -0.39 is 6.09 Å². The summed E-state index contributed by atoms with van der Waals surface area (Å²) in [6, 6.07) is 15.0. The third-order valence-electron chi connectivity index (χ3n) is 3.20. The van der Waals surface area contributed by atoms with Gasteiger partial charge in [-0.15, -0.1) is 11.8 Å². The van der Waals surface area contributed by atoms with Gasteiger partial charge in [0.25, 0.3) is 0 Å². The second-order valence-corrected chi connectivity index (χ2v) is 6.02. The molecule has 0 aromatic heterocycles. The van der Waals surface area contributed by atoms with Gasteiger partial charge < -0.3 is 4.74 Å². The summed E-state index contributed by atoms with van der Waals surface area (Å²) in [6.45, 7) is 2.87. The molecule has 0 atom stereocenters. The fraction of sp³-hybridized carbons (Fsp3) is 0.176. The van der Waals surface area contributed by atoms with Gasteiger partial charge in [-0.3, -0.25) is 10.3 Å². The standard InChI is InChI=1S/C17H16N2O2S/c1-12-2-6-14(7-3-12)19-17(20)21-15-8-4-13(5-9-15)16-18-10-11-22-16/h2-9H,10-11H2,1H3,(H,19,20). The zero-order valence-electron chi connectivity index (χ0n) is 12.2. The maximum Gasteiger partial charge on any atom is 0.417 e. The normalized spacial score (nSPS) is 13.6. The summed E-state index contributed by atoms with van der Waals surface area (Å²) < 4.78 is 5.27. The third kappa shape index (κ3) is 3.68. The Balaban J connectivity index is 1.60. The molecule has 0 unspecified atom stereocenters. The molecule has 0 bridgehead atoms. The van der Waals surface area contributed by atoms with Crippen LogP contribution in [0.3, 0.4) is 0 Å². The van der Waals surface area contributed by atoms with Crippen molar-refractivity contribution >= 4 is 28.6 Å². The molecule has 1 aliphatic rings. The molecule has 0 radical (unpaired) electrons. The van der Waals surface area contributed by atoms with Gasteiger partial charge in [0.05, 0.1) is 5.04 Å². The molecule has 1 N–H and O–H groups in total. The number of aryl methyl sites for hydroxylation is 1. The predicted molar refractivity (Wildman–Crippen MR) is 91.1 cm³/mol. The van der Waals surface area contributed by atoms with E-state index in [0.29, 0.717) is 11.4 Å². The molecule has 0 fully saturated rings. The maximum atomic E-state index is 11.8. The lowest BCUT2D eigenvalue weighted by molar-refractivity contribution is 0.215. The zero-order chi connectivity index (χ0) is 15.4. The summed E-state index contributed by atoms with van der Waals surface area (Å²) in [5, 5.41) is 3.75. The topological polar surface area (TPSA) is 50.7 Å². The first kappa shape index (κ1) is 14.7. The molecule has 2 aromatic rings. The van der Waals surface area contributed by atoms with Crippen LogP contribution in [0.4, 0.5) is 10.5 Å². The van der Waals surface area contributed by atoms with E-state index in [1.807, 2.05) is 43.3 Å². The number of carbonyl (C=O) groups excluding carboxylic acids is 1. The number of hydrogen-bond acceptors (Lipinski definition) is 4. The van der Waals surface area contributed by atoms with Gasteiger partial charge in [0.15, 0.2) is 0 Å². The predicted octanol–water partition coefficient (Wildman–Crippen LogP) is 4.10. The number of nitrogens with zero attached hydrogens (tertiary/aromatic N) is 1. The van der Waals surface area contributed by atoms with Gasteiger partial charge in [-0.1, -0.05) is 17.7 Å². The SMILES string of the molecule is Cc1ccc(NC(=O)Oc2ccc(C3=NCCS3)cc2)cc1. The van der Waals surface area contributed by atoms with Crippen molar-refractivity contribution in [3.8, 4) is 5.75 Å². The minimum absolute atomic E-state index is 0.496. The largest absolute Gasteiger partial charge is 0.417 e. The molecule has 0 aliphatic carbocycles. The Labute approximate surface area is 133 Å².